The number of nitrogens with one attached hydrogen (secondary N) is 1. The minimum absolute atomic E-state index is 0.382. The van der Waals surface area contributed by atoms with Crippen LogP contribution in [-0.2, 0) is 0 Å². The van der Waals surface area contributed by atoms with Crippen LogP contribution >= 0.6 is 11.3 Å². The van der Waals surface area contributed by atoms with Gasteiger partial charge in [-0.05, 0) is 6.07 Å². The number of nitrogens with two attached hydrogens (primary N) is 1. The van der Waals surface area contributed by atoms with Crippen molar-refractivity contribution >= 4 is 22.7 Å². The highest BCUT2D eigenvalue weighted by molar-refractivity contribution is 7.09. The van der Waals surface area contributed by atoms with Crippen molar-refractivity contribution in [1.29, 1.82) is 0 Å². The van der Waals surface area contributed by atoms with Crippen molar-refractivity contribution < 1.29 is 0 Å². The molecule has 2 aromatic heterocycles. The number of hydrogen-bond donors (Lipinski definition) is 2. The van der Waals surface area contributed by atoms with Gasteiger partial charge in [-0.3, -0.25) is 4.98 Å². The number of pyridine rings is 1. The summed E-state index contributed by atoms with van der Waals surface area (Å²) >= 11 is 1.68. The number of nitrogen functional groups attached to an aromatic ring is 1. The van der Waals surface area contributed by atoms with Gasteiger partial charge in [-0.1, -0.05) is 6.92 Å². The Morgan fingerprint density at radius 3 is 3.06 bits per heavy atom. The van der Waals surface area contributed by atoms with Gasteiger partial charge < -0.3 is 11.1 Å². The summed E-state index contributed by atoms with van der Waals surface area (Å²) in [6, 6.07) is 1.88. The highest BCUT2D eigenvalue weighted by atomic mass is 32.1. The van der Waals surface area contributed by atoms with Crippen LogP contribution in [0.25, 0.3) is 0 Å². The molecule has 84 valence electrons. The van der Waals surface area contributed by atoms with E-state index in [1.165, 1.54) is 0 Å². The summed E-state index contributed by atoms with van der Waals surface area (Å²) in [5.41, 5.74) is 7.39. The topological polar surface area (TPSA) is 63.8 Å². The summed E-state index contributed by atoms with van der Waals surface area (Å²) in [7, 11) is 0. The maximum absolute atomic E-state index is 5.79. The molecule has 0 aliphatic heterocycles. The fourth-order valence-electron chi connectivity index (χ4n) is 1.40. The lowest BCUT2D eigenvalue weighted by Crippen LogP contribution is -2.10. The number of thiazole rings is 1. The van der Waals surface area contributed by atoms with Crippen molar-refractivity contribution in [2.75, 3.05) is 17.6 Å². The smallest absolute Gasteiger partial charge is 0.0970 e. The van der Waals surface area contributed by atoms with Crippen LogP contribution < -0.4 is 11.1 Å². The second-order valence-electron chi connectivity index (χ2n) is 3.62. The Morgan fingerprint density at radius 1 is 1.50 bits per heavy atom. The Hall–Kier alpha value is -1.62. The summed E-state index contributed by atoms with van der Waals surface area (Å²) in [5.74, 6) is 0.382. The van der Waals surface area contributed by atoms with Crippen molar-refractivity contribution in [1.82, 2.24) is 9.97 Å². The van der Waals surface area contributed by atoms with E-state index < -0.39 is 0 Å². The highest BCUT2D eigenvalue weighted by Crippen LogP contribution is 2.20. The van der Waals surface area contributed by atoms with E-state index in [0.29, 0.717) is 11.6 Å². The predicted octanol–water partition coefficient (Wildman–Crippen LogP) is 2.34. The van der Waals surface area contributed by atoms with Gasteiger partial charge in [0.2, 0.25) is 0 Å². The summed E-state index contributed by atoms with van der Waals surface area (Å²) in [5, 5.41) is 6.43. The van der Waals surface area contributed by atoms with Gasteiger partial charge in [-0.25, -0.2) is 4.98 Å². The molecule has 5 heteroatoms. The Labute approximate surface area is 98.6 Å². The first-order chi connectivity index (χ1) is 7.77. The van der Waals surface area contributed by atoms with E-state index in [-0.39, 0.29) is 0 Å². The van der Waals surface area contributed by atoms with E-state index in [9.17, 15) is 0 Å². The van der Waals surface area contributed by atoms with E-state index in [2.05, 4.69) is 22.2 Å². The third kappa shape index (κ3) is 2.49. The lowest BCUT2D eigenvalue weighted by Gasteiger charge is -2.12. The Balaban J connectivity index is 1.95. The van der Waals surface area contributed by atoms with Gasteiger partial charge in [0, 0.05) is 30.2 Å². The molecule has 3 N–H and O–H groups in total. The van der Waals surface area contributed by atoms with Gasteiger partial charge in [0.25, 0.3) is 0 Å². The van der Waals surface area contributed by atoms with Gasteiger partial charge in [-0.15, -0.1) is 11.3 Å². The second kappa shape index (κ2) is 4.94. The Kier molecular flexibility index (Phi) is 3.36. The Bertz CT molecular complexity index is 441. The van der Waals surface area contributed by atoms with Crippen LogP contribution in [0.3, 0.4) is 0 Å². The molecule has 2 rings (SSSR count). The van der Waals surface area contributed by atoms with Crippen molar-refractivity contribution in [3.63, 3.8) is 0 Å². The number of nitrogens with zero attached hydrogens (tertiary/aromatic N) is 2. The van der Waals surface area contributed by atoms with Gasteiger partial charge in [0.05, 0.1) is 22.6 Å². The summed E-state index contributed by atoms with van der Waals surface area (Å²) in [6.07, 6.45) is 5.21. The van der Waals surface area contributed by atoms with Crippen LogP contribution in [0, 0.1) is 0 Å². The molecule has 0 aliphatic carbocycles. The molecule has 4 nitrogen and oxygen atoms in total. The van der Waals surface area contributed by atoms with Crippen LogP contribution in [0.2, 0.25) is 0 Å². The number of rotatable bonds is 4. The standard InChI is InChI=1S/C11H14N4S/c1-8(11-14-4-5-16-11)6-15-10-2-3-13-7-9(10)12/h2-5,7-8H,6,12H2,1H3,(H,13,15). The molecule has 0 saturated heterocycles. The van der Waals surface area contributed by atoms with Crippen molar-refractivity contribution in [3.05, 3.63) is 35.0 Å². The van der Waals surface area contributed by atoms with E-state index in [4.69, 9.17) is 5.73 Å². The van der Waals surface area contributed by atoms with E-state index in [1.807, 2.05) is 17.6 Å². The minimum Gasteiger partial charge on any atom is -0.396 e. The van der Waals surface area contributed by atoms with E-state index in [0.717, 1.165) is 17.2 Å². The molecule has 16 heavy (non-hydrogen) atoms. The third-order valence-electron chi connectivity index (χ3n) is 2.32. The maximum atomic E-state index is 5.79. The van der Waals surface area contributed by atoms with Gasteiger partial charge >= 0.3 is 0 Å². The quantitative estimate of drug-likeness (QED) is 0.852. The summed E-state index contributed by atoms with van der Waals surface area (Å²) in [6.45, 7) is 2.96. The van der Waals surface area contributed by atoms with Crippen molar-refractivity contribution in [2.24, 2.45) is 0 Å². The molecule has 0 fully saturated rings. The normalized spacial score (nSPS) is 12.3. The molecule has 0 saturated carbocycles. The van der Waals surface area contributed by atoms with Crippen molar-refractivity contribution in [3.8, 4) is 0 Å². The molecule has 0 aliphatic rings. The molecule has 0 aromatic carbocycles. The second-order valence-corrected chi connectivity index (χ2v) is 4.54. The largest absolute Gasteiger partial charge is 0.396 e. The van der Waals surface area contributed by atoms with Crippen LogP contribution in [-0.4, -0.2) is 16.5 Å². The fourth-order valence-corrected chi connectivity index (χ4v) is 2.09. The Morgan fingerprint density at radius 2 is 2.38 bits per heavy atom. The van der Waals surface area contributed by atoms with E-state index in [1.54, 1.807) is 23.7 Å². The van der Waals surface area contributed by atoms with Crippen LogP contribution in [0.4, 0.5) is 11.4 Å². The molecule has 0 bridgehead atoms. The van der Waals surface area contributed by atoms with Gasteiger partial charge in [0.1, 0.15) is 0 Å². The van der Waals surface area contributed by atoms with Crippen LogP contribution in [0.5, 0.6) is 0 Å². The monoisotopic (exact) mass is 234 g/mol. The van der Waals surface area contributed by atoms with Gasteiger partial charge in [-0.2, -0.15) is 0 Å². The molecule has 0 radical (unpaired) electrons. The summed E-state index contributed by atoms with van der Waals surface area (Å²) < 4.78 is 0. The zero-order chi connectivity index (χ0) is 11.4. The molecular formula is C11H14N4S. The highest BCUT2D eigenvalue weighted by Gasteiger charge is 2.08. The zero-order valence-electron chi connectivity index (χ0n) is 9.05. The third-order valence-corrected chi connectivity index (χ3v) is 3.33. The molecular weight excluding hydrogens is 220 g/mol. The first kappa shape index (κ1) is 10.9. The average Bonchev–Trinajstić information content (AvgIpc) is 2.81. The molecule has 0 amide bonds. The van der Waals surface area contributed by atoms with Crippen molar-refractivity contribution in [2.45, 2.75) is 12.8 Å². The number of aromatic nitrogens is 2. The van der Waals surface area contributed by atoms with E-state index >= 15 is 0 Å². The molecule has 2 aromatic rings. The predicted molar refractivity (Wildman–Crippen MR) is 67.7 cm³/mol. The first-order valence-corrected chi connectivity index (χ1v) is 5.98. The number of hydrogen-bond acceptors (Lipinski definition) is 5. The summed E-state index contributed by atoms with van der Waals surface area (Å²) in [4.78, 5) is 8.23. The SMILES string of the molecule is CC(CNc1ccncc1N)c1nccs1. The lowest BCUT2D eigenvalue weighted by atomic mass is 10.2. The van der Waals surface area contributed by atoms with Crippen LogP contribution in [0.15, 0.2) is 30.0 Å². The fraction of sp³-hybridized carbons (Fsp3) is 0.273. The molecule has 0 spiro atoms. The van der Waals surface area contributed by atoms with Gasteiger partial charge in [0.15, 0.2) is 0 Å². The maximum Gasteiger partial charge on any atom is 0.0970 e. The zero-order valence-corrected chi connectivity index (χ0v) is 9.87. The molecule has 1 atom stereocenters. The minimum atomic E-state index is 0.382. The molecule has 1 unspecified atom stereocenters. The number of anilines is 2. The lowest BCUT2D eigenvalue weighted by molar-refractivity contribution is 0.795. The molecule has 2 heterocycles. The van der Waals surface area contributed by atoms with Crippen LogP contribution in [0.1, 0.15) is 17.8 Å². The average molecular weight is 234 g/mol. The first-order valence-electron chi connectivity index (χ1n) is 5.10.